The minimum Gasteiger partial charge on any atom is -0.481 e. The lowest BCUT2D eigenvalue weighted by Gasteiger charge is -2.29. The first-order valence-electron chi connectivity index (χ1n) is 6.83. The quantitative estimate of drug-likeness (QED) is 0.650. The predicted octanol–water partition coefficient (Wildman–Crippen LogP) is 0.369. The lowest BCUT2D eigenvalue weighted by molar-refractivity contribution is -0.146. The number of piperidine rings is 1. The van der Waals surface area contributed by atoms with Gasteiger partial charge in [-0.25, -0.2) is 0 Å². The van der Waals surface area contributed by atoms with Crippen molar-refractivity contribution < 1.29 is 19.4 Å². The topological polar surface area (TPSA) is 87.7 Å². The Balaban J connectivity index is 2.41. The van der Waals surface area contributed by atoms with Gasteiger partial charge in [-0.1, -0.05) is 6.92 Å². The average Bonchev–Trinajstić information content (AvgIpc) is 2.38. The van der Waals surface area contributed by atoms with Gasteiger partial charge in [0, 0.05) is 19.1 Å². The number of ether oxygens (including phenoxy) is 1. The Hall–Kier alpha value is -1.14. The van der Waals surface area contributed by atoms with Gasteiger partial charge in [-0.3, -0.25) is 9.59 Å². The number of rotatable bonds is 6. The number of amides is 1. The highest BCUT2D eigenvalue weighted by Crippen LogP contribution is 2.15. The molecular formula is C13H24N2O4. The number of carbonyl (C=O) groups excluding carboxylic acids is 1. The number of carboxylic acids is 1. The highest BCUT2D eigenvalue weighted by molar-refractivity contribution is 5.80. The van der Waals surface area contributed by atoms with Gasteiger partial charge in [-0.05, 0) is 26.7 Å². The van der Waals surface area contributed by atoms with Crippen LogP contribution < -0.4 is 10.6 Å². The molecule has 1 aliphatic heterocycles. The van der Waals surface area contributed by atoms with Crippen molar-refractivity contribution in [2.24, 2.45) is 5.92 Å². The largest absolute Gasteiger partial charge is 0.481 e. The van der Waals surface area contributed by atoms with Crippen molar-refractivity contribution in [1.29, 1.82) is 0 Å². The maximum atomic E-state index is 11.8. The van der Waals surface area contributed by atoms with Crippen LogP contribution >= 0.6 is 0 Å². The molecule has 1 rings (SSSR count). The molecule has 0 aliphatic carbocycles. The summed E-state index contributed by atoms with van der Waals surface area (Å²) in [7, 11) is 0. The molecule has 6 heteroatoms. The summed E-state index contributed by atoms with van der Waals surface area (Å²) in [6, 6.07) is 0.120. The maximum absolute atomic E-state index is 11.8. The van der Waals surface area contributed by atoms with Crippen molar-refractivity contribution in [2.75, 3.05) is 13.1 Å². The van der Waals surface area contributed by atoms with Crippen LogP contribution in [-0.2, 0) is 14.3 Å². The third-order valence-electron chi connectivity index (χ3n) is 3.43. The standard InChI is InChI=1S/C13H24N2O4/c1-4-8(2)15-12(16)9(3)19-11-5-10(13(17)18)6-14-7-11/h8-11,14H,4-7H2,1-3H3,(H,15,16)(H,17,18). The zero-order valence-corrected chi connectivity index (χ0v) is 11.8. The minimum absolute atomic E-state index is 0.120. The molecule has 1 fully saturated rings. The van der Waals surface area contributed by atoms with Crippen LogP contribution in [-0.4, -0.2) is 48.3 Å². The number of nitrogens with one attached hydrogen (secondary N) is 2. The molecule has 0 bridgehead atoms. The van der Waals surface area contributed by atoms with Gasteiger partial charge in [0.05, 0.1) is 12.0 Å². The van der Waals surface area contributed by atoms with Gasteiger partial charge in [0.25, 0.3) is 0 Å². The lowest BCUT2D eigenvalue weighted by Crippen LogP contribution is -2.47. The van der Waals surface area contributed by atoms with Gasteiger partial charge in [0.1, 0.15) is 6.10 Å². The Morgan fingerprint density at radius 3 is 2.68 bits per heavy atom. The number of carboxylic acid groups (broad SMARTS) is 1. The van der Waals surface area contributed by atoms with E-state index < -0.39 is 18.0 Å². The van der Waals surface area contributed by atoms with E-state index in [2.05, 4.69) is 10.6 Å². The molecule has 4 atom stereocenters. The Morgan fingerprint density at radius 1 is 1.42 bits per heavy atom. The van der Waals surface area contributed by atoms with Crippen LogP contribution in [0, 0.1) is 5.92 Å². The molecule has 6 nitrogen and oxygen atoms in total. The van der Waals surface area contributed by atoms with Crippen LogP contribution in [0.4, 0.5) is 0 Å². The van der Waals surface area contributed by atoms with Crippen molar-refractivity contribution >= 4 is 11.9 Å². The first-order chi connectivity index (χ1) is 8.93. The fourth-order valence-electron chi connectivity index (χ4n) is 2.01. The molecule has 1 aliphatic rings. The van der Waals surface area contributed by atoms with E-state index in [0.29, 0.717) is 19.5 Å². The molecule has 0 aromatic rings. The van der Waals surface area contributed by atoms with Gasteiger partial charge in [0.2, 0.25) is 5.91 Å². The van der Waals surface area contributed by atoms with Crippen LogP contribution in [0.1, 0.15) is 33.6 Å². The van der Waals surface area contributed by atoms with Crippen LogP contribution in [0.2, 0.25) is 0 Å². The summed E-state index contributed by atoms with van der Waals surface area (Å²) < 4.78 is 5.64. The molecular weight excluding hydrogens is 248 g/mol. The van der Waals surface area contributed by atoms with Crippen molar-refractivity contribution in [3.63, 3.8) is 0 Å². The smallest absolute Gasteiger partial charge is 0.307 e. The first kappa shape index (κ1) is 15.9. The molecule has 3 N–H and O–H groups in total. The van der Waals surface area contributed by atoms with E-state index in [4.69, 9.17) is 9.84 Å². The van der Waals surface area contributed by atoms with Crippen LogP contribution in [0.5, 0.6) is 0 Å². The fourth-order valence-corrected chi connectivity index (χ4v) is 2.01. The molecule has 0 aromatic heterocycles. The second-order valence-corrected chi connectivity index (χ2v) is 5.15. The van der Waals surface area contributed by atoms with E-state index >= 15 is 0 Å². The van der Waals surface area contributed by atoms with E-state index in [-0.39, 0.29) is 18.1 Å². The summed E-state index contributed by atoms with van der Waals surface area (Å²) in [6.07, 6.45) is 0.522. The Bertz CT molecular complexity index is 322. The highest BCUT2D eigenvalue weighted by atomic mass is 16.5. The lowest BCUT2D eigenvalue weighted by atomic mass is 9.97. The summed E-state index contributed by atoms with van der Waals surface area (Å²) in [6.45, 7) is 6.68. The second kappa shape index (κ2) is 7.45. The molecule has 4 unspecified atom stereocenters. The van der Waals surface area contributed by atoms with Gasteiger partial charge in [0.15, 0.2) is 0 Å². The summed E-state index contributed by atoms with van der Waals surface area (Å²) >= 11 is 0. The molecule has 1 amide bonds. The van der Waals surface area contributed by atoms with E-state index in [9.17, 15) is 9.59 Å². The van der Waals surface area contributed by atoms with Gasteiger partial charge in [-0.2, -0.15) is 0 Å². The number of hydrogen-bond acceptors (Lipinski definition) is 4. The van der Waals surface area contributed by atoms with Crippen molar-refractivity contribution in [2.45, 2.75) is 51.9 Å². The Labute approximate surface area is 113 Å². The summed E-state index contributed by atoms with van der Waals surface area (Å²) in [4.78, 5) is 22.8. The van der Waals surface area contributed by atoms with Crippen LogP contribution in [0.15, 0.2) is 0 Å². The molecule has 0 spiro atoms. The number of aliphatic carboxylic acids is 1. The predicted molar refractivity (Wildman–Crippen MR) is 70.8 cm³/mol. The van der Waals surface area contributed by atoms with Crippen molar-refractivity contribution in [1.82, 2.24) is 10.6 Å². The van der Waals surface area contributed by atoms with Gasteiger partial charge in [-0.15, -0.1) is 0 Å². The highest BCUT2D eigenvalue weighted by Gasteiger charge is 2.29. The summed E-state index contributed by atoms with van der Waals surface area (Å²) in [5.41, 5.74) is 0. The molecule has 0 saturated carbocycles. The number of carbonyl (C=O) groups is 2. The zero-order chi connectivity index (χ0) is 14.4. The fraction of sp³-hybridized carbons (Fsp3) is 0.846. The van der Waals surface area contributed by atoms with E-state index in [1.807, 2.05) is 13.8 Å². The number of hydrogen-bond donors (Lipinski definition) is 3. The van der Waals surface area contributed by atoms with E-state index in [1.54, 1.807) is 6.92 Å². The minimum atomic E-state index is -0.822. The normalized spacial score (nSPS) is 26.5. The third kappa shape index (κ3) is 5.16. The maximum Gasteiger partial charge on any atom is 0.307 e. The second-order valence-electron chi connectivity index (χ2n) is 5.15. The summed E-state index contributed by atoms with van der Waals surface area (Å²) in [5, 5.41) is 14.9. The van der Waals surface area contributed by atoms with Crippen LogP contribution in [0.25, 0.3) is 0 Å². The monoisotopic (exact) mass is 272 g/mol. The molecule has 19 heavy (non-hydrogen) atoms. The average molecular weight is 272 g/mol. The molecule has 1 saturated heterocycles. The molecule has 0 aromatic carbocycles. The first-order valence-corrected chi connectivity index (χ1v) is 6.83. The van der Waals surface area contributed by atoms with Crippen molar-refractivity contribution in [3.05, 3.63) is 0 Å². The molecule has 1 heterocycles. The Morgan fingerprint density at radius 2 is 2.11 bits per heavy atom. The zero-order valence-electron chi connectivity index (χ0n) is 11.8. The van der Waals surface area contributed by atoms with Gasteiger partial charge >= 0.3 is 5.97 Å². The SMILES string of the molecule is CCC(C)NC(=O)C(C)OC1CNCC(C(=O)O)C1. The molecule has 0 radical (unpaired) electrons. The molecule has 110 valence electrons. The van der Waals surface area contributed by atoms with Gasteiger partial charge < -0.3 is 20.5 Å². The van der Waals surface area contributed by atoms with Crippen molar-refractivity contribution in [3.8, 4) is 0 Å². The van der Waals surface area contributed by atoms with E-state index in [0.717, 1.165) is 6.42 Å². The van der Waals surface area contributed by atoms with E-state index in [1.165, 1.54) is 0 Å². The third-order valence-corrected chi connectivity index (χ3v) is 3.43. The van der Waals surface area contributed by atoms with Crippen LogP contribution in [0.3, 0.4) is 0 Å². The Kier molecular flexibility index (Phi) is 6.24. The summed E-state index contributed by atoms with van der Waals surface area (Å²) in [5.74, 6) is -1.41.